The largest absolute Gasteiger partial charge is 0.339 e. The van der Waals surface area contributed by atoms with Crippen LogP contribution in [0.2, 0.25) is 0 Å². The number of urea groups is 1. The van der Waals surface area contributed by atoms with E-state index in [-0.39, 0.29) is 24.4 Å². The average Bonchev–Trinajstić information content (AvgIpc) is 2.62. The van der Waals surface area contributed by atoms with Crippen molar-refractivity contribution in [3.63, 3.8) is 0 Å². The van der Waals surface area contributed by atoms with E-state index in [4.69, 9.17) is 5.26 Å². The Balaban J connectivity index is 1.90. The molecule has 1 aromatic rings. The van der Waals surface area contributed by atoms with Crippen molar-refractivity contribution in [2.45, 2.75) is 45.6 Å². The molecule has 0 radical (unpaired) electrons. The molecule has 1 saturated heterocycles. The molecule has 1 aliphatic heterocycles. The van der Waals surface area contributed by atoms with Crippen molar-refractivity contribution in [3.05, 3.63) is 29.8 Å². The van der Waals surface area contributed by atoms with E-state index < -0.39 is 0 Å². The number of anilines is 1. The summed E-state index contributed by atoms with van der Waals surface area (Å²) in [5.74, 6) is 0.727. The maximum absolute atomic E-state index is 12.5. The van der Waals surface area contributed by atoms with Crippen molar-refractivity contribution in [2.24, 2.45) is 5.92 Å². The zero-order valence-electron chi connectivity index (χ0n) is 14.9. The zero-order valence-corrected chi connectivity index (χ0v) is 14.9. The Morgan fingerprint density at radius 3 is 2.48 bits per heavy atom. The summed E-state index contributed by atoms with van der Waals surface area (Å²) in [4.78, 5) is 26.3. The molecular formula is C19H26N4O2. The van der Waals surface area contributed by atoms with E-state index in [1.807, 2.05) is 11.8 Å². The van der Waals surface area contributed by atoms with Crippen LogP contribution in [0, 0.1) is 17.2 Å². The van der Waals surface area contributed by atoms with Crippen molar-refractivity contribution in [1.29, 1.82) is 5.26 Å². The second-order valence-corrected chi connectivity index (χ2v) is 6.62. The highest BCUT2D eigenvalue weighted by Gasteiger charge is 2.21. The molecule has 0 spiro atoms. The quantitative estimate of drug-likeness (QED) is 0.860. The molecule has 134 valence electrons. The van der Waals surface area contributed by atoms with Gasteiger partial charge in [-0.3, -0.25) is 4.79 Å². The number of likely N-dealkylation sites (tertiary alicyclic amines) is 1. The van der Waals surface area contributed by atoms with Crippen LogP contribution < -0.4 is 10.6 Å². The van der Waals surface area contributed by atoms with Crippen LogP contribution in [0.1, 0.15) is 49.9 Å². The van der Waals surface area contributed by atoms with Crippen LogP contribution >= 0.6 is 0 Å². The molecule has 0 aromatic heterocycles. The third kappa shape index (κ3) is 5.49. The SMILES string of the molecule is CC[C@@H](CC#N)NC(=O)Nc1ccc(C(=O)N2CCC(C)CC2)cc1. The lowest BCUT2D eigenvalue weighted by molar-refractivity contribution is 0.0697. The lowest BCUT2D eigenvalue weighted by Crippen LogP contribution is -2.38. The van der Waals surface area contributed by atoms with E-state index in [2.05, 4.69) is 23.6 Å². The summed E-state index contributed by atoms with van der Waals surface area (Å²) in [5, 5.41) is 14.2. The number of nitriles is 1. The summed E-state index contributed by atoms with van der Waals surface area (Å²) < 4.78 is 0. The van der Waals surface area contributed by atoms with Crippen LogP contribution in [0.25, 0.3) is 0 Å². The summed E-state index contributed by atoms with van der Waals surface area (Å²) in [7, 11) is 0. The van der Waals surface area contributed by atoms with Gasteiger partial charge in [-0.15, -0.1) is 0 Å². The van der Waals surface area contributed by atoms with Crippen LogP contribution in [0.4, 0.5) is 10.5 Å². The Kier molecular flexibility index (Phi) is 6.81. The number of carbonyl (C=O) groups excluding carboxylic acids is 2. The van der Waals surface area contributed by atoms with E-state index in [1.165, 1.54) is 0 Å². The molecule has 2 N–H and O–H groups in total. The first-order valence-corrected chi connectivity index (χ1v) is 8.87. The van der Waals surface area contributed by atoms with Gasteiger partial charge in [0.25, 0.3) is 5.91 Å². The number of piperidine rings is 1. The Morgan fingerprint density at radius 2 is 1.92 bits per heavy atom. The lowest BCUT2D eigenvalue weighted by atomic mass is 9.98. The first-order chi connectivity index (χ1) is 12.0. The smallest absolute Gasteiger partial charge is 0.319 e. The molecule has 0 aliphatic carbocycles. The summed E-state index contributed by atoms with van der Waals surface area (Å²) >= 11 is 0. The molecule has 3 amide bonds. The number of nitrogens with zero attached hydrogens (tertiary/aromatic N) is 2. The maximum Gasteiger partial charge on any atom is 0.319 e. The molecule has 6 nitrogen and oxygen atoms in total. The molecule has 1 atom stereocenters. The third-order valence-corrected chi connectivity index (χ3v) is 4.63. The minimum absolute atomic E-state index is 0.0444. The molecule has 0 bridgehead atoms. The van der Waals surface area contributed by atoms with Gasteiger partial charge in [-0.1, -0.05) is 13.8 Å². The predicted octanol–water partition coefficient (Wildman–Crippen LogP) is 3.37. The molecule has 1 heterocycles. The first-order valence-electron chi connectivity index (χ1n) is 8.87. The monoisotopic (exact) mass is 342 g/mol. The molecule has 0 unspecified atom stereocenters. The van der Waals surface area contributed by atoms with E-state index in [0.29, 0.717) is 23.6 Å². The zero-order chi connectivity index (χ0) is 18.2. The summed E-state index contributed by atoms with van der Waals surface area (Å²) in [6.07, 6.45) is 3.08. The van der Waals surface area contributed by atoms with Crippen LogP contribution in [0.5, 0.6) is 0 Å². The number of amides is 3. The highest BCUT2D eigenvalue weighted by Crippen LogP contribution is 2.19. The van der Waals surface area contributed by atoms with E-state index in [1.54, 1.807) is 24.3 Å². The fourth-order valence-electron chi connectivity index (χ4n) is 2.85. The minimum Gasteiger partial charge on any atom is -0.339 e. The van der Waals surface area contributed by atoms with Gasteiger partial charge in [-0.25, -0.2) is 4.79 Å². The van der Waals surface area contributed by atoms with Gasteiger partial charge in [-0.2, -0.15) is 5.26 Å². The van der Waals surface area contributed by atoms with Gasteiger partial charge < -0.3 is 15.5 Å². The summed E-state index contributed by atoms with van der Waals surface area (Å²) in [5.41, 5.74) is 1.25. The first kappa shape index (κ1) is 18.8. The maximum atomic E-state index is 12.5. The molecule has 1 fully saturated rings. The molecule has 0 saturated carbocycles. The number of benzene rings is 1. The predicted molar refractivity (Wildman–Crippen MR) is 97.2 cm³/mol. The van der Waals surface area contributed by atoms with Gasteiger partial charge in [-0.05, 0) is 49.4 Å². The topological polar surface area (TPSA) is 85.2 Å². The van der Waals surface area contributed by atoms with Gasteiger partial charge in [0, 0.05) is 30.4 Å². The standard InChI is InChI=1S/C19H26N4O2/c1-3-16(8-11-20)21-19(25)22-17-6-4-15(5-7-17)18(24)23-12-9-14(2)10-13-23/h4-7,14,16H,3,8-10,12-13H2,1-2H3,(H2,21,22,25)/t16-/m0/s1. The van der Waals surface area contributed by atoms with Crippen molar-refractivity contribution in [3.8, 4) is 6.07 Å². The fraction of sp³-hybridized carbons (Fsp3) is 0.526. The Morgan fingerprint density at radius 1 is 1.28 bits per heavy atom. The van der Waals surface area contributed by atoms with E-state index in [0.717, 1.165) is 25.9 Å². The molecule has 1 aromatic carbocycles. The molecule has 2 rings (SSSR count). The second kappa shape index (κ2) is 9.07. The van der Waals surface area contributed by atoms with Crippen LogP contribution in [0.3, 0.4) is 0 Å². The highest BCUT2D eigenvalue weighted by molar-refractivity contribution is 5.95. The van der Waals surface area contributed by atoms with E-state index >= 15 is 0 Å². The Bertz CT molecular complexity index is 628. The number of hydrogen-bond donors (Lipinski definition) is 2. The lowest BCUT2D eigenvalue weighted by Gasteiger charge is -2.30. The molecular weight excluding hydrogens is 316 g/mol. The van der Waals surface area contributed by atoms with Crippen molar-refractivity contribution < 1.29 is 9.59 Å². The van der Waals surface area contributed by atoms with Crippen LogP contribution in [-0.2, 0) is 0 Å². The summed E-state index contributed by atoms with van der Waals surface area (Å²) in [6.45, 7) is 5.75. The van der Waals surface area contributed by atoms with Crippen molar-refractivity contribution >= 4 is 17.6 Å². The molecule has 6 heteroatoms. The van der Waals surface area contributed by atoms with Gasteiger partial charge >= 0.3 is 6.03 Å². The van der Waals surface area contributed by atoms with Gasteiger partial charge in [0.05, 0.1) is 12.5 Å². The molecule has 1 aliphatic rings. The molecule has 25 heavy (non-hydrogen) atoms. The van der Waals surface area contributed by atoms with Crippen LogP contribution in [0.15, 0.2) is 24.3 Å². The number of hydrogen-bond acceptors (Lipinski definition) is 3. The fourth-order valence-corrected chi connectivity index (χ4v) is 2.85. The normalized spacial score (nSPS) is 16.0. The van der Waals surface area contributed by atoms with Crippen LogP contribution in [-0.4, -0.2) is 36.0 Å². The number of rotatable bonds is 5. The van der Waals surface area contributed by atoms with Crippen molar-refractivity contribution in [2.75, 3.05) is 18.4 Å². The second-order valence-electron chi connectivity index (χ2n) is 6.62. The Hall–Kier alpha value is -2.55. The number of carbonyl (C=O) groups is 2. The third-order valence-electron chi connectivity index (χ3n) is 4.63. The summed E-state index contributed by atoms with van der Waals surface area (Å²) in [6, 6.07) is 8.49. The average molecular weight is 342 g/mol. The van der Waals surface area contributed by atoms with Gasteiger partial charge in [0.2, 0.25) is 0 Å². The number of nitrogens with one attached hydrogen (secondary N) is 2. The Labute approximate surface area is 149 Å². The van der Waals surface area contributed by atoms with Gasteiger partial charge in [0.1, 0.15) is 0 Å². The van der Waals surface area contributed by atoms with Gasteiger partial charge in [0.15, 0.2) is 0 Å². The highest BCUT2D eigenvalue weighted by atomic mass is 16.2. The van der Waals surface area contributed by atoms with Crippen molar-refractivity contribution in [1.82, 2.24) is 10.2 Å². The minimum atomic E-state index is -0.341. The van der Waals surface area contributed by atoms with E-state index in [9.17, 15) is 9.59 Å².